The number of hydrogen-bond acceptors (Lipinski definition) is 5. The molecule has 4 nitrogen and oxygen atoms in total. The number of nitrogens with zero attached hydrogens (tertiary/aromatic N) is 4. The van der Waals surface area contributed by atoms with Crippen molar-refractivity contribution in [3.05, 3.63) is 17.3 Å². The number of halogens is 4. The molecule has 2 saturated heterocycles. The van der Waals surface area contributed by atoms with Crippen molar-refractivity contribution in [3.63, 3.8) is 0 Å². The molecule has 0 amide bonds. The summed E-state index contributed by atoms with van der Waals surface area (Å²) in [7, 11) is 0. The molecule has 0 aromatic carbocycles. The van der Waals surface area contributed by atoms with Gasteiger partial charge in [0.25, 0.3) is 0 Å². The molecular weight excluding hydrogens is 361 g/mol. The van der Waals surface area contributed by atoms with Crippen molar-refractivity contribution in [3.8, 4) is 0 Å². The summed E-state index contributed by atoms with van der Waals surface area (Å²) in [4.78, 5) is 11.0. The van der Waals surface area contributed by atoms with E-state index in [4.69, 9.17) is 11.8 Å². The fraction of sp³-hybridized carbons (Fsp3) is 0.600. The molecule has 0 saturated carbocycles. The predicted molar refractivity (Wildman–Crippen MR) is 88.5 cm³/mol. The maximum Gasteiger partial charge on any atom is 0.393 e. The first-order chi connectivity index (χ1) is 11.3. The van der Waals surface area contributed by atoms with Crippen LogP contribution in [0.25, 0.3) is 10.2 Å². The highest BCUT2D eigenvalue weighted by molar-refractivity contribution is 7.19. The summed E-state index contributed by atoms with van der Waals surface area (Å²) in [5.41, 5.74) is 0.765. The molecule has 2 aromatic rings. The van der Waals surface area contributed by atoms with Crippen molar-refractivity contribution in [1.29, 1.82) is 0 Å². The largest absolute Gasteiger partial charge is 0.393 e. The van der Waals surface area contributed by atoms with E-state index in [1.165, 1.54) is 12.4 Å². The van der Waals surface area contributed by atoms with E-state index in [1.54, 1.807) is 0 Å². The lowest BCUT2D eigenvalue weighted by atomic mass is 9.87. The average Bonchev–Trinajstić information content (AvgIpc) is 3.16. The Bertz CT molecular complexity index is 765. The van der Waals surface area contributed by atoms with E-state index in [9.17, 15) is 13.2 Å². The third kappa shape index (κ3) is 3.07. The summed E-state index contributed by atoms with van der Waals surface area (Å²) in [6, 6.07) is 1.53. The molecule has 0 N–H and O–H groups in total. The predicted octanol–water partition coefficient (Wildman–Crippen LogP) is 3.85. The Morgan fingerprint density at radius 3 is 2.71 bits per heavy atom. The Kier molecular flexibility index (Phi) is 3.89. The zero-order chi connectivity index (χ0) is 16.9. The van der Waals surface area contributed by atoms with E-state index in [1.807, 2.05) is 4.42 Å². The van der Waals surface area contributed by atoms with Gasteiger partial charge in [-0.05, 0) is 30.7 Å². The minimum atomic E-state index is -4.21. The second-order valence-electron chi connectivity index (χ2n) is 6.68. The molecule has 2 aromatic heterocycles. The summed E-state index contributed by atoms with van der Waals surface area (Å²) in [5.74, 6) is 0.753. The molecule has 130 valence electrons. The Morgan fingerprint density at radius 2 is 2.00 bits per heavy atom. The third-order valence-electron chi connectivity index (χ3n) is 4.85. The summed E-state index contributed by atoms with van der Waals surface area (Å²) in [6.45, 7) is 3.42. The van der Waals surface area contributed by atoms with Crippen LogP contribution >= 0.6 is 23.1 Å². The molecule has 9 heteroatoms. The second kappa shape index (κ2) is 5.71. The van der Waals surface area contributed by atoms with Crippen molar-refractivity contribution in [2.45, 2.75) is 25.4 Å². The van der Waals surface area contributed by atoms with Crippen molar-refractivity contribution in [2.75, 3.05) is 31.1 Å². The van der Waals surface area contributed by atoms with Gasteiger partial charge in [0.15, 0.2) is 0 Å². The lowest BCUT2D eigenvalue weighted by Gasteiger charge is -2.23. The van der Waals surface area contributed by atoms with Crippen LogP contribution in [0.5, 0.6) is 0 Å². The van der Waals surface area contributed by atoms with Gasteiger partial charge in [-0.2, -0.15) is 13.2 Å². The molecule has 4 heterocycles. The highest BCUT2D eigenvalue weighted by Crippen LogP contribution is 2.43. The first kappa shape index (κ1) is 16.4. The highest BCUT2D eigenvalue weighted by atomic mass is 35.5. The van der Waals surface area contributed by atoms with Crippen molar-refractivity contribution in [2.24, 2.45) is 5.41 Å². The first-order valence-corrected chi connectivity index (χ1v) is 8.95. The molecule has 2 aliphatic heterocycles. The first-order valence-electron chi connectivity index (χ1n) is 7.80. The van der Waals surface area contributed by atoms with Gasteiger partial charge in [-0.25, -0.2) is 14.4 Å². The summed E-state index contributed by atoms with van der Waals surface area (Å²) >= 11 is 7.27. The van der Waals surface area contributed by atoms with Gasteiger partial charge < -0.3 is 4.90 Å². The van der Waals surface area contributed by atoms with E-state index in [-0.39, 0.29) is 10.3 Å². The van der Waals surface area contributed by atoms with Crippen LogP contribution in [0.2, 0.25) is 0 Å². The minimum absolute atomic E-state index is 0.172. The van der Waals surface area contributed by atoms with Crippen LogP contribution in [0.3, 0.4) is 0 Å². The fourth-order valence-electron chi connectivity index (χ4n) is 3.73. The number of alkyl halides is 3. The number of rotatable bonds is 2. The molecule has 1 spiro atoms. The van der Waals surface area contributed by atoms with Crippen LogP contribution in [0.15, 0.2) is 12.4 Å². The fourth-order valence-corrected chi connectivity index (χ4v) is 5.23. The van der Waals surface area contributed by atoms with Gasteiger partial charge in [-0.1, -0.05) is 0 Å². The quantitative estimate of drug-likeness (QED) is 0.745. The van der Waals surface area contributed by atoms with E-state index in [0.29, 0.717) is 5.52 Å². The van der Waals surface area contributed by atoms with Crippen LogP contribution in [0, 0.1) is 5.41 Å². The van der Waals surface area contributed by atoms with Gasteiger partial charge in [0.2, 0.25) is 0 Å². The van der Waals surface area contributed by atoms with E-state index < -0.39 is 12.6 Å². The topological polar surface area (TPSA) is 32.3 Å². The van der Waals surface area contributed by atoms with Crippen molar-refractivity contribution < 1.29 is 13.2 Å². The van der Waals surface area contributed by atoms with E-state index in [2.05, 4.69) is 14.9 Å². The van der Waals surface area contributed by atoms with Gasteiger partial charge in [-0.15, -0.1) is 11.3 Å². The van der Waals surface area contributed by atoms with Gasteiger partial charge >= 0.3 is 6.18 Å². The molecule has 1 unspecified atom stereocenters. The second-order valence-corrected chi connectivity index (χ2v) is 8.30. The van der Waals surface area contributed by atoms with E-state index >= 15 is 0 Å². The lowest BCUT2D eigenvalue weighted by molar-refractivity contribution is -0.126. The van der Waals surface area contributed by atoms with Crippen LogP contribution in [0.4, 0.5) is 19.0 Å². The van der Waals surface area contributed by atoms with Gasteiger partial charge in [-0.3, -0.25) is 0 Å². The zero-order valence-electron chi connectivity index (χ0n) is 12.8. The smallest absolute Gasteiger partial charge is 0.355 e. The van der Waals surface area contributed by atoms with Crippen LogP contribution in [0.1, 0.15) is 17.7 Å². The summed E-state index contributed by atoms with van der Waals surface area (Å²) < 4.78 is 40.5. The summed E-state index contributed by atoms with van der Waals surface area (Å²) in [6.07, 6.45) is -1.61. The van der Waals surface area contributed by atoms with Gasteiger partial charge in [0.05, 0.1) is 16.6 Å². The zero-order valence-corrected chi connectivity index (χ0v) is 14.4. The van der Waals surface area contributed by atoms with Gasteiger partial charge in [0, 0.05) is 36.5 Å². The molecule has 0 bridgehead atoms. The van der Waals surface area contributed by atoms with Crippen molar-refractivity contribution in [1.82, 2.24) is 14.4 Å². The lowest BCUT2D eigenvalue weighted by Crippen LogP contribution is -2.29. The van der Waals surface area contributed by atoms with Crippen molar-refractivity contribution >= 4 is 39.1 Å². The Labute approximate surface area is 146 Å². The molecule has 1 atom stereocenters. The number of hydrogen-bond donors (Lipinski definition) is 0. The van der Waals surface area contributed by atoms with Crippen LogP contribution < -0.4 is 4.90 Å². The molecular formula is C15H16ClF3N4S. The number of fused-ring (bicyclic) bond motifs is 1. The molecule has 2 fully saturated rings. The number of anilines is 1. The SMILES string of the molecule is FC(F)(F)Cc1cc2ncnc(N3CCC4(CCN(Cl)C4)C3)c2s1. The molecule has 0 aliphatic carbocycles. The maximum atomic E-state index is 12.7. The Balaban J connectivity index is 1.63. The molecule has 24 heavy (non-hydrogen) atoms. The normalized spacial score (nSPS) is 25.4. The molecule has 4 rings (SSSR count). The molecule has 2 aliphatic rings. The third-order valence-corrected chi connectivity index (χ3v) is 6.26. The Morgan fingerprint density at radius 1 is 1.21 bits per heavy atom. The van der Waals surface area contributed by atoms with E-state index in [0.717, 1.165) is 60.9 Å². The standard InChI is InChI=1S/C15H16ClF3N4S/c16-23-4-2-14(8-23)1-3-22(7-14)13-12-11(20-9-21-13)5-10(24-12)6-15(17,18)19/h5,9H,1-4,6-8H2. The highest BCUT2D eigenvalue weighted by Gasteiger charge is 2.44. The summed E-state index contributed by atoms with van der Waals surface area (Å²) in [5, 5.41) is 0. The minimum Gasteiger partial charge on any atom is -0.355 e. The monoisotopic (exact) mass is 376 g/mol. The number of thiophene rings is 1. The average molecular weight is 377 g/mol. The number of aromatic nitrogens is 2. The van der Waals surface area contributed by atoms with Gasteiger partial charge in [0.1, 0.15) is 12.1 Å². The molecule has 0 radical (unpaired) electrons. The van der Waals surface area contributed by atoms with Crippen LogP contribution in [-0.4, -0.2) is 46.7 Å². The van der Waals surface area contributed by atoms with Crippen LogP contribution in [-0.2, 0) is 6.42 Å². The maximum absolute atomic E-state index is 12.7. The Hall–Kier alpha value is -1.12.